The van der Waals surface area contributed by atoms with Crippen molar-refractivity contribution in [1.29, 1.82) is 0 Å². The Balaban J connectivity index is 2.09. The Morgan fingerprint density at radius 1 is 0.536 bits per heavy atom. The summed E-state index contributed by atoms with van der Waals surface area (Å²) < 4.78 is 106. The second kappa shape index (κ2) is 7.83. The molecule has 0 aliphatic heterocycles. The van der Waals surface area contributed by atoms with Gasteiger partial charge in [0.15, 0.2) is 17.4 Å². The van der Waals surface area contributed by atoms with Gasteiger partial charge in [-0.15, -0.1) is 0 Å². The van der Waals surface area contributed by atoms with Crippen molar-refractivity contribution in [2.75, 3.05) is 0 Å². The van der Waals surface area contributed by atoms with Crippen LogP contribution in [0.25, 0.3) is 0 Å². The largest absolute Gasteiger partial charge is 0.635 e. The molecule has 0 N–H and O–H groups in total. The third kappa shape index (κ3) is 3.62. The van der Waals surface area contributed by atoms with E-state index in [9.17, 15) is 30.7 Å². The minimum absolute atomic E-state index is 0.0000307. The molecule has 0 spiro atoms. The smallest absolute Gasteiger partial charge is 0.522 e. The summed E-state index contributed by atoms with van der Waals surface area (Å²) in [6, 6.07) is 10.1. The first-order valence-electron chi connectivity index (χ1n) is 7.65. The molecule has 0 aliphatic rings. The summed E-state index contributed by atoms with van der Waals surface area (Å²) in [6.07, 6.45) is 0. The maximum Gasteiger partial charge on any atom is 0.635 e. The van der Waals surface area contributed by atoms with Crippen LogP contribution in [0.15, 0.2) is 48.5 Å². The SMILES string of the molecule is Fc1cccc(B(Oc2ccccc2)Oc2c(F)c(F)c(F)c(F)c2F)c1F. The molecule has 0 heterocycles. The highest BCUT2D eigenvalue weighted by atomic mass is 19.2. The van der Waals surface area contributed by atoms with Crippen LogP contribution in [0.5, 0.6) is 11.5 Å². The Labute approximate surface area is 154 Å². The van der Waals surface area contributed by atoms with E-state index in [0.29, 0.717) is 0 Å². The molecular weight excluding hydrogens is 392 g/mol. The lowest BCUT2D eigenvalue weighted by molar-refractivity contribution is 0.334. The zero-order valence-electron chi connectivity index (χ0n) is 13.7. The molecule has 0 saturated carbocycles. The topological polar surface area (TPSA) is 18.5 Å². The van der Waals surface area contributed by atoms with Crippen LogP contribution in [0.2, 0.25) is 0 Å². The molecule has 3 aromatic rings. The zero-order valence-corrected chi connectivity index (χ0v) is 13.7. The molecule has 0 unspecified atom stereocenters. The van der Waals surface area contributed by atoms with Gasteiger partial charge in [-0.1, -0.05) is 30.3 Å². The summed E-state index contributed by atoms with van der Waals surface area (Å²) in [5.74, 6) is -16.0. The van der Waals surface area contributed by atoms with E-state index in [1.807, 2.05) is 0 Å². The van der Waals surface area contributed by atoms with Gasteiger partial charge in [0.05, 0.1) is 5.46 Å². The van der Waals surface area contributed by atoms with Crippen molar-refractivity contribution >= 4 is 12.6 Å². The van der Waals surface area contributed by atoms with E-state index in [0.717, 1.165) is 18.2 Å². The Morgan fingerprint density at radius 3 is 1.71 bits per heavy atom. The molecule has 10 heteroatoms. The summed E-state index contributed by atoms with van der Waals surface area (Å²) in [4.78, 5) is 0. The van der Waals surface area contributed by atoms with E-state index in [-0.39, 0.29) is 5.75 Å². The maximum absolute atomic E-state index is 14.2. The first-order valence-corrected chi connectivity index (χ1v) is 7.65. The number of hydrogen-bond donors (Lipinski definition) is 0. The zero-order chi connectivity index (χ0) is 20.4. The van der Waals surface area contributed by atoms with Gasteiger partial charge in [0, 0.05) is 0 Å². The van der Waals surface area contributed by atoms with E-state index in [4.69, 9.17) is 9.31 Å². The summed E-state index contributed by atoms with van der Waals surface area (Å²) in [5.41, 5.74) is -0.659. The number of halogens is 7. The minimum atomic E-state index is -2.39. The summed E-state index contributed by atoms with van der Waals surface area (Å²) in [5, 5.41) is 0. The lowest BCUT2D eigenvalue weighted by atomic mass is 9.78. The van der Waals surface area contributed by atoms with E-state index < -0.39 is 59.1 Å². The van der Waals surface area contributed by atoms with E-state index in [1.165, 1.54) is 24.3 Å². The minimum Gasteiger partial charge on any atom is -0.522 e. The number of hydrogen-bond acceptors (Lipinski definition) is 2. The van der Waals surface area contributed by atoms with Gasteiger partial charge in [0.2, 0.25) is 29.1 Å². The highest BCUT2D eigenvalue weighted by Crippen LogP contribution is 2.30. The number of para-hydroxylation sites is 1. The molecule has 0 saturated heterocycles. The number of benzene rings is 3. The van der Waals surface area contributed by atoms with Crippen LogP contribution in [-0.4, -0.2) is 7.12 Å². The van der Waals surface area contributed by atoms with Gasteiger partial charge in [-0.25, -0.2) is 22.0 Å². The average molecular weight is 400 g/mol. The molecule has 0 atom stereocenters. The molecule has 2 nitrogen and oxygen atoms in total. The Morgan fingerprint density at radius 2 is 1.11 bits per heavy atom. The van der Waals surface area contributed by atoms with Gasteiger partial charge in [-0.2, -0.15) is 8.78 Å². The molecule has 0 radical (unpaired) electrons. The summed E-state index contributed by atoms with van der Waals surface area (Å²) in [7, 11) is -2.06. The Kier molecular flexibility index (Phi) is 5.48. The average Bonchev–Trinajstić information content (AvgIpc) is 2.70. The fraction of sp³-hybridized carbons (Fsp3) is 0. The summed E-state index contributed by atoms with van der Waals surface area (Å²) >= 11 is 0. The maximum atomic E-state index is 14.2. The third-order valence-corrected chi connectivity index (χ3v) is 3.62. The van der Waals surface area contributed by atoms with Gasteiger partial charge in [0.25, 0.3) is 0 Å². The van der Waals surface area contributed by atoms with Crippen molar-refractivity contribution < 1.29 is 40.0 Å². The molecule has 144 valence electrons. The Bertz CT molecular complexity index is 986. The van der Waals surface area contributed by atoms with Gasteiger partial charge >= 0.3 is 7.12 Å². The van der Waals surface area contributed by atoms with Crippen molar-refractivity contribution in [2.24, 2.45) is 0 Å². The first kappa shape index (κ1) is 19.6. The van der Waals surface area contributed by atoms with Crippen LogP contribution < -0.4 is 14.8 Å². The van der Waals surface area contributed by atoms with E-state index in [2.05, 4.69) is 0 Å². The van der Waals surface area contributed by atoms with Crippen molar-refractivity contribution in [2.45, 2.75) is 0 Å². The van der Waals surface area contributed by atoms with Crippen molar-refractivity contribution in [3.05, 3.63) is 89.3 Å². The quantitative estimate of drug-likeness (QED) is 0.272. The predicted molar refractivity (Wildman–Crippen MR) is 85.7 cm³/mol. The monoisotopic (exact) mass is 400 g/mol. The van der Waals surface area contributed by atoms with Crippen LogP contribution in [0.3, 0.4) is 0 Å². The normalized spacial score (nSPS) is 10.7. The molecule has 0 fully saturated rings. The lowest BCUT2D eigenvalue weighted by Gasteiger charge is -2.18. The van der Waals surface area contributed by atoms with Crippen LogP contribution in [0.1, 0.15) is 0 Å². The molecule has 0 bridgehead atoms. The first-order chi connectivity index (χ1) is 13.3. The number of rotatable bonds is 5. The molecule has 3 aromatic carbocycles. The van der Waals surface area contributed by atoms with Crippen LogP contribution in [-0.2, 0) is 0 Å². The van der Waals surface area contributed by atoms with Crippen molar-refractivity contribution in [1.82, 2.24) is 0 Å². The van der Waals surface area contributed by atoms with E-state index >= 15 is 0 Å². The highest BCUT2D eigenvalue weighted by molar-refractivity contribution is 6.62. The molecular formula is C18H8BF7O2. The standard InChI is InChI=1S/C18H8BF7O2/c20-11-8-4-7-10(12(11)21)19(27-9-5-2-1-3-6-9)28-18-16(25)14(23)13(22)15(24)17(18)26/h1-8H. The van der Waals surface area contributed by atoms with Gasteiger partial charge in [-0.3, -0.25) is 0 Å². The van der Waals surface area contributed by atoms with Gasteiger partial charge in [-0.05, 0) is 18.2 Å². The Hall–Kier alpha value is -3.17. The van der Waals surface area contributed by atoms with Gasteiger partial charge in [0.1, 0.15) is 5.75 Å². The fourth-order valence-corrected chi connectivity index (χ4v) is 2.27. The molecule has 0 amide bonds. The van der Waals surface area contributed by atoms with Crippen LogP contribution in [0.4, 0.5) is 30.7 Å². The van der Waals surface area contributed by atoms with E-state index in [1.54, 1.807) is 6.07 Å². The van der Waals surface area contributed by atoms with Crippen molar-refractivity contribution in [3.8, 4) is 11.5 Å². The van der Waals surface area contributed by atoms with Crippen LogP contribution in [0, 0.1) is 40.7 Å². The molecule has 28 heavy (non-hydrogen) atoms. The second-order valence-corrected chi connectivity index (χ2v) is 5.42. The van der Waals surface area contributed by atoms with Gasteiger partial charge < -0.3 is 9.31 Å². The van der Waals surface area contributed by atoms with Crippen LogP contribution >= 0.6 is 0 Å². The van der Waals surface area contributed by atoms with Crippen molar-refractivity contribution in [3.63, 3.8) is 0 Å². The lowest BCUT2D eigenvalue weighted by Crippen LogP contribution is -2.45. The highest BCUT2D eigenvalue weighted by Gasteiger charge is 2.36. The molecule has 0 aliphatic carbocycles. The molecule has 0 aromatic heterocycles. The summed E-state index contributed by atoms with van der Waals surface area (Å²) in [6.45, 7) is 0. The third-order valence-electron chi connectivity index (χ3n) is 3.62. The fourth-order valence-electron chi connectivity index (χ4n) is 2.27. The second-order valence-electron chi connectivity index (χ2n) is 5.42. The predicted octanol–water partition coefficient (Wildman–Crippen LogP) is 4.51. The molecule has 3 rings (SSSR count).